The van der Waals surface area contributed by atoms with E-state index >= 15 is 0 Å². The Labute approximate surface area is 157 Å². The first-order chi connectivity index (χ1) is 13.2. The molecule has 0 bridgehead atoms. The van der Waals surface area contributed by atoms with Crippen LogP contribution in [0.2, 0.25) is 0 Å². The molecule has 146 valence electrons. The second-order valence-electron chi connectivity index (χ2n) is 6.09. The molecule has 1 aliphatic heterocycles. The molecular weight excluding hydrogens is 379 g/mol. The highest BCUT2D eigenvalue weighted by Gasteiger charge is 2.33. The third kappa shape index (κ3) is 3.77. The predicted molar refractivity (Wildman–Crippen MR) is 92.0 cm³/mol. The molecule has 0 N–H and O–H groups in total. The van der Waals surface area contributed by atoms with Crippen LogP contribution in [-0.2, 0) is 17.5 Å². The monoisotopic (exact) mass is 393 g/mol. The molecule has 0 aliphatic carbocycles. The lowest BCUT2D eigenvalue weighted by molar-refractivity contribution is -0.385. The van der Waals surface area contributed by atoms with Gasteiger partial charge in [0, 0.05) is 11.6 Å². The minimum Gasteiger partial charge on any atom is -0.299 e. The van der Waals surface area contributed by atoms with E-state index in [0.717, 1.165) is 12.1 Å². The second kappa shape index (κ2) is 7.25. The van der Waals surface area contributed by atoms with E-state index in [-0.39, 0.29) is 17.9 Å². The molecule has 1 atom stereocenters. The van der Waals surface area contributed by atoms with Gasteiger partial charge in [-0.1, -0.05) is 11.3 Å². The fourth-order valence-corrected chi connectivity index (χ4v) is 2.79. The summed E-state index contributed by atoms with van der Waals surface area (Å²) in [4.78, 5) is 22.0. The van der Waals surface area contributed by atoms with Gasteiger partial charge in [0.25, 0.3) is 5.69 Å². The molecule has 0 amide bonds. The number of carbonyl (C=O) groups excluding carboxylic acids is 1. The molecule has 2 aromatic carbocycles. The quantitative estimate of drug-likeness (QED) is 0.434. The van der Waals surface area contributed by atoms with Crippen LogP contribution in [0.25, 0.3) is 0 Å². The zero-order valence-electron chi connectivity index (χ0n) is 14.5. The van der Waals surface area contributed by atoms with E-state index in [1.807, 2.05) is 0 Å². The largest absolute Gasteiger partial charge is 0.416 e. The molecule has 0 saturated carbocycles. The summed E-state index contributed by atoms with van der Waals surface area (Å²) in [7, 11) is 0. The summed E-state index contributed by atoms with van der Waals surface area (Å²) < 4.78 is 38.1. The third-order valence-corrected chi connectivity index (χ3v) is 4.19. The van der Waals surface area contributed by atoms with Crippen molar-refractivity contribution in [2.45, 2.75) is 25.8 Å². The minimum atomic E-state index is -4.46. The lowest BCUT2D eigenvalue weighted by atomic mass is 10.1. The van der Waals surface area contributed by atoms with Gasteiger partial charge in [-0.15, -0.1) is 0 Å². The number of aldehydes is 1. The van der Waals surface area contributed by atoms with Crippen molar-refractivity contribution < 1.29 is 22.9 Å². The molecule has 0 radical (unpaired) electrons. The third-order valence-electron chi connectivity index (χ3n) is 4.19. The Balaban J connectivity index is 1.77. The van der Waals surface area contributed by atoms with E-state index in [2.05, 4.69) is 10.4 Å². The van der Waals surface area contributed by atoms with Gasteiger partial charge in [0.05, 0.1) is 22.7 Å². The highest BCUT2D eigenvalue weighted by Crippen LogP contribution is 2.32. The number of rotatable bonds is 5. The smallest absolute Gasteiger partial charge is 0.299 e. The van der Waals surface area contributed by atoms with Gasteiger partial charge in [-0.05, 0) is 48.0 Å². The molecule has 3 rings (SSSR count). The Kier molecular flexibility index (Phi) is 4.99. The molecule has 1 unspecified atom stereocenters. The molecule has 0 spiro atoms. The predicted octanol–water partition coefficient (Wildman–Crippen LogP) is 4.05. The molecular formula is C17H14F3N5O3. The number of nitro groups is 1. The van der Waals surface area contributed by atoms with Crippen molar-refractivity contribution in [3.63, 3.8) is 0 Å². The summed E-state index contributed by atoms with van der Waals surface area (Å²) in [6, 6.07) is 8.72. The number of nitro benzene ring substituents is 1. The summed E-state index contributed by atoms with van der Waals surface area (Å²) in [5.74, 6) is 0. The van der Waals surface area contributed by atoms with Crippen molar-refractivity contribution in [3.05, 3.63) is 69.3 Å². The van der Waals surface area contributed by atoms with E-state index in [1.165, 1.54) is 28.2 Å². The van der Waals surface area contributed by atoms with Crippen molar-refractivity contribution in [1.29, 1.82) is 0 Å². The van der Waals surface area contributed by atoms with E-state index in [1.54, 1.807) is 19.1 Å². The first-order valence-electron chi connectivity index (χ1n) is 8.04. The Morgan fingerprint density at radius 1 is 1.18 bits per heavy atom. The number of alkyl halides is 3. The van der Waals surface area contributed by atoms with Crippen molar-refractivity contribution in [2.75, 3.05) is 5.01 Å². The number of anilines is 1. The van der Waals surface area contributed by atoms with Gasteiger partial charge in [0.15, 0.2) is 12.5 Å². The highest BCUT2D eigenvalue weighted by atomic mass is 19.4. The number of hydrogen-bond acceptors (Lipinski definition) is 7. The number of halogens is 3. The molecule has 8 nitrogen and oxygen atoms in total. The maximum atomic E-state index is 12.7. The Hall–Kier alpha value is -3.50. The van der Waals surface area contributed by atoms with Gasteiger partial charge in [0.2, 0.25) is 0 Å². The maximum absolute atomic E-state index is 12.7. The Morgan fingerprint density at radius 3 is 2.39 bits per heavy atom. The Bertz CT molecular complexity index is 931. The number of nitrogens with zero attached hydrogens (tertiary/aromatic N) is 5. The number of aryl methyl sites for hydroxylation is 1. The van der Waals surface area contributed by atoms with Gasteiger partial charge in [-0.25, -0.2) is 10.0 Å². The molecule has 11 heteroatoms. The standard InChI is InChI=1S/C17H14F3N5O3/c1-11-8-12(2-7-15(11)25(27)28)9-23-16(10-26)24(22-21-23)14-5-3-13(4-6-14)17(18,19)20/h2-8,10,16H,9H2,1H3. The van der Waals surface area contributed by atoms with Crippen LogP contribution < -0.4 is 5.01 Å². The summed E-state index contributed by atoms with van der Waals surface area (Å²) in [6.07, 6.45) is -4.85. The van der Waals surface area contributed by atoms with E-state index in [0.29, 0.717) is 17.4 Å². The second-order valence-corrected chi connectivity index (χ2v) is 6.09. The number of hydrogen-bond donors (Lipinski definition) is 0. The minimum absolute atomic E-state index is 0.0230. The van der Waals surface area contributed by atoms with Crippen LogP contribution in [0.4, 0.5) is 24.5 Å². The van der Waals surface area contributed by atoms with Gasteiger partial charge in [-0.2, -0.15) is 13.2 Å². The molecule has 2 aromatic rings. The van der Waals surface area contributed by atoms with Crippen LogP contribution in [0.1, 0.15) is 16.7 Å². The van der Waals surface area contributed by atoms with Crippen molar-refractivity contribution in [1.82, 2.24) is 5.01 Å². The lowest BCUT2D eigenvalue weighted by Gasteiger charge is -2.23. The SMILES string of the molecule is Cc1cc(CN2N=NN(c3ccc(C(F)(F)F)cc3)C2C=O)ccc1[N+](=O)[O-]. The zero-order chi connectivity index (χ0) is 20.5. The molecule has 28 heavy (non-hydrogen) atoms. The molecule has 0 saturated heterocycles. The molecule has 1 heterocycles. The fraction of sp³-hybridized carbons (Fsp3) is 0.235. The van der Waals surface area contributed by atoms with Gasteiger partial charge < -0.3 is 0 Å². The average Bonchev–Trinajstić information content (AvgIpc) is 3.03. The first-order valence-corrected chi connectivity index (χ1v) is 8.04. The van der Waals surface area contributed by atoms with Crippen LogP contribution in [0.5, 0.6) is 0 Å². The van der Waals surface area contributed by atoms with Crippen LogP contribution in [0.15, 0.2) is 52.9 Å². The van der Waals surface area contributed by atoms with Gasteiger partial charge >= 0.3 is 6.18 Å². The van der Waals surface area contributed by atoms with Crippen LogP contribution >= 0.6 is 0 Å². The van der Waals surface area contributed by atoms with Crippen LogP contribution in [0.3, 0.4) is 0 Å². The summed E-state index contributed by atoms with van der Waals surface area (Å²) in [5.41, 5.74) is 0.568. The number of benzene rings is 2. The molecule has 0 aromatic heterocycles. The lowest BCUT2D eigenvalue weighted by Crippen LogP contribution is -2.39. The van der Waals surface area contributed by atoms with Crippen molar-refractivity contribution in [3.8, 4) is 0 Å². The van der Waals surface area contributed by atoms with Crippen LogP contribution in [-0.4, -0.2) is 22.4 Å². The average molecular weight is 393 g/mol. The van der Waals surface area contributed by atoms with Crippen LogP contribution in [0, 0.1) is 17.0 Å². The summed E-state index contributed by atoms with van der Waals surface area (Å²) in [5, 5.41) is 21.2. The first kappa shape index (κ1) is 19.3. The van der Waals surface area contributed by atoms with E-state index < -0.39 is 22.8 Å². The summed E-state index contributed by atoms with van der Waals surface area (Å²) in [6.45, 7) is 1.74. The van der Waals surface area contributed by atoms with E-state index in [9.17, 15) is 28.1 Å². The normalized spacial score (nSPS) is 16.5. The summed E-state index contributed by atoms with van der Waals surface area (Å²) >= 11 is 0. The molecule has 1 aliphatic rings. The highest BCUT2D eigenvalue weighted by molar-refractivity contribution is 5.65. The molecule has 0 fully saturated rings. The van der Waals surface area contributed by atoms with Crippen molar-refractivity contribution in [2.24, 2.45) is 10.4 Å². The zero-order valence-corrected chi connectivity index (χ0v) is 14.5. The topological polar surface area (TPSA) is 91.4 Å². The number of carbonyl (C=O) groups is 1. The van der Waals surface area contributed by atoms with Crippen molar-refractivity contribution >= 4 is 17.7 Å². The van der Waals surface area contributed by atoms with E-state index in [4.69, 9.17) is 0 Å². The van der Waals surface area contributed by atoms with Gasteiger partial charge in [-0.3, -0.25) is 14.9 Å². The maximum Gasteiger partial charge on any atom is 0.416 e. The fourth-order valence-electron chi connectivity index (χ4n) is 2.79. The Morgan fingerprint density at radius 2 is 1.86 bits per heavy atom. The van der Waals surface area contributed by atoms with Gasteiger partial charge in [0.1, 0.15) is 0 Å².